The van der Waals surface area contributed by atoms with Gasteiger partial charge < -0.3 is 4.74 Å². The van der Waals surface area contributed by atoms with Gasteiger partial charge in [-0.3, -0.25) is 4.31 Å². The van der Waals surface area contributed by atoms with Crippen LogP contribution in [-0.2, 0) is 16.2 Å². The van der Waals surface area contributed by atoms with E-state index in [9.17, 15) is 26.4 Å². The highest BCUT2D eigenvalue weighted by Gasteiger charge is 2.35. The Morgan fingerprint density at radius 2 is 1.72 bits per heavy atom. The second-order valence-corrected chi connectivity index (χ2v) is 9.04. The average Bonchev–Trinajstić information content (AvgIpc) is 2.73. The largest absolute Gasteiger partial charge is 0.422 e. The van der Waals surface area contributed by atoms with Crippen LogP contribution in [-0.4, -0.2) is 26.4 Å². The van der Waals surface area contributed by atoms with E-state index in [1.54, 1.807) is 19.1 Å². The van der Waals surface area contributed by atoms with Crippen LogP contribution in [0.1, 0.15) is 21.7 Å². The first-order valence-electron chi connectivity index (χ1n) is 9.01. The topological polar surface area (TPSA) is 76.6 Å². The molecule has 3 aromatic rings. The van der Waals surface area contributed by atoms with E-state index < -0.39 is 37.7 Å². The summed E-state index contributed by atoms with van der Waals surface area (Å²) in [6.07, 6.45) is -4.81. The van der Waals surface area contributed by atoms with Crippen molar-refractivity contribution in [2.45, 2.75) is 18.0 Å². The van der Waals surface area contributed by atoms with Gasteiger partial charge in [-0.1, -0.05) is 17.7 Å². The second-order valence-electron chi connectivity index (χ2n) is 6.66. The summed E-state index contributed by atoms with van der Waals surface area (Å²) in [4.78, 5) is 15.7. The fraction of sp³-hybridized carbons (Fsp3) is 0.143. The predicted octanol–water partition coefficient (Wildman–Crippen LogP) is 5.11. The van der Waals surface area contributed by atoms with Gasteiger partial charge in [0.15, 0.2) is 0 Å². The lowest BCUT2D eigenvalue weighted by Crippen LogP contribution is -2.27. The van der Waals surface area contributed by atoms with Gasteiger partial charge in [-0.2, -0.15) is 13.2 Å². The van der Waals surface area contributed by atoms with Crippen molar-refractivity contribution >= 4 is 33.3 Å². The van der Waals surface area contributed by atoms with Crippen LogP contribution in [0.5, 0.6) is 5.75 Å². The van der Waals surface area contributed by atoms with Crippen molar-refractivity contribution in [2.75, 3.05) is 11.4 Å². The van der Waals surface area contributed by atoms with Gasteiger partial charge in [0.05, 0.1) is 21.2 Å². The summed E-state index contributed by atoms with van der Waals surface area (Å²) in [5, 5.41) is -0.603. The molecule has 0 atom stereocenters. The van der Waals surface area contributed by atoms with Gasteiger partial charge in [0.25, 0.3) is 10.0 Å². The molecule has 0 amide bonds. The Balaban J connectivity index is 1.82. The van der Waals surface area contributed by atoms with E-state index in [-0.39, 0.29) is 17.1 Å². The highest BCUT2D eigenvalue weighted by atomic mass is 35.5. The normalized spacial score (nSPS) is 11.8. The molecule has 2 aromatic carbocycles. The zero-order chi connectivity index (χ0) is 23.7. The van der Waals surface area contributed by atoms with Crippen LogP contribution in [0.25, 0.3) is 0 Å². The van der Waals surface area contributed by atoms with E-state index in [4.69, 9.17) is 16.3 Å². The summed E-state index contributed by atoms with van der Waals surface area (Å²) in [5.41, 5.74) is -0.364. The zero-order valence-electron chi connectivity index (χ0n) is 16.7. The van der Waals surface area contributed by atoms with Crippen molar-refractivity contribution in [1.82, 2.24) is 4.98 Å². The quantitative estimate of drug-likeness (QED) is 0.371. The molecule has 0 spiro atoms. The molecular weight excluding hydrogens is 469 g/mol. The summed E-state index contributed by atoms with van der Waals surface area (Å²) in [6.45, 7) is 1.72. The number of aromatic nitrogens is 1. The Morgan fingerprint density at radius 3 is 2.31 bits per heavy atom. The molecule has 6 nitrogen and oxygen atoms in total. The Labute approximate surface area is 187 Å². The lowest BCUT2D eigenvalue weighted by molar-refractivity contribution is -0.137. The van der Waals surface area contributed by atoms with E-state index in [0.717, 1.165) is 16.4 Å². The summed E-state index contributed by atoms with van der Waals surface area (Å²) in [7, 11) is -3.13. The minimum Gasteiger partial charge on any atom is -0.422 e. The third-order valence-electron chi connectivity index (χ3n) is 4.41. The standard InChI is InChI=1S/C21H16ClF3N2O4S/c1-13-4-3-5-19(26-13)20(28)31-15-8-6-14(7-9-15)27(2)32(29,30)16-10-11-18(22)17(12-16)21(23,24)25/h3-12H,1-2H3. The third kappa shape index (κ3) is 5.03. The Morgan fingerprint density at radius 1 is 1.06 bits per heavy atom. The molecule has 0 saturated heterocycles. The van der Waals surface area contributed by atoms with Crippen LogP contribution in [0.15, 0.2) is 65.6 Å². The number of carbonyl (C=O) groups is 1. The van der Waals surface area contributed by atoms with Crippen molar-refractivity contribution < 1.29 is 31.1 Å². The Hall–Kier alpha value is -3.11. The molecule has 0 aliphatic heterocycles. The van der Waals surface area contributed by atoms with Gasteiger partial charge in [-0.05, 0) is 61.5 Å². The first-order valence-corrected chi connectivity index (χ1v) is 10.8. The van der Waals surface area contributed by atoms with Crippen molar-refractivity contribution in [3.8, 4) is 5.75 Å². The van der Waals surface area contributed by atoms with Crippen LogP contribution < -0.4 is 9.04 Å². The first kappa shape index (κ1) is 23.6. The van der Waals surface area contributed by atoms with Crippen LogP contribution in [0.3, 0.4) is 0 Å². The zero-order valence-corrected chi connectivity index (χ0v) is 18.3. The number of hydrogen-bond acceptors (Lipinski definition) is 5. The van der Waals surface area contributed by atoms with Gasteiger partial charge in [0.2, 0.25) is 0 Å². The molecule has 0 fully saturated rings. The highest BCUT2D eigenvalue weighted by molar-refractivity contribution is 7.92. The number of pyridine rings is 1. The first-order chi connectivity index (χ1) is 14.9. The number of esters is 1. The number of nitrogens with zero attached hydrogens (tertiary/aromatic N) is 2. The summed E-state index contributed by atoms with van der Waals surface area (Å²) >= 11 is 5.57. The molecule has 0 unspecified atom stereocenters. The predicted molar refractivity (Wildman–Crippen MR) is 112 cm³/mol. The second kappa shape index (κ2) is 8.79. The fourth-order valence-electron chi connectivity index (χ4n) is 2.72. The molecule has 3 rings (SSSR count). The number of carbonyl (C=O) groups excluding carboxylic acids is 1. The number of hydrogen-bond donors (Lipinski definition) is 0. The van der Waals surface area contributed by atoms with E-state index in [1.807, 2.05) is 0 Å². The van der Waals surface area contributed by atoms with Gasteiger partial charge >= 0.3 is 12.1 Å². The summed E-state index contributed by atoms with van der Waals surface area (Å²) in [5.74, 6) is -0.554. The van der Waals surface area contributed by atoms with E-state index in [1.165, 1.54) is 37.4 Å². The minimum absolute atomic E-state index is 0.108. The molecular formula is C21H16ClF3N2O4S. The van der Waals surface area contributed by atoms with Gasteiger partial charge in [-0.15, -0.1) is 0 Å². The smallest absolute Gasteiger partial charge is 0.417 e. The van der Waals surface area contributed by atoms with Crippen LogP contribution >= 0.6 is 11.6 Å². The van der Waals surface area contributed by atoms with Crippen molar-refractivity contribution in [3.63, 3.8) is 0 Å². The maximum absolute atomic E-state index is 13.1. The molecule has 32 heavy (non-hydrogen) atoms. The fourth-order valence-corrected chi connectivity index (χ4v) is 4.17. The SMILES string of the molecule is Cc1cccc(C(=O)Oc2ccc(N(C)S(=O)(=O)c3ccc(Cl)c(C(F)(F)F)c3)cc2)n1. The van der Waals surface area contributed by atoms with Crippen LogP contribution in [0.2, 0.25) is 5.02 Å². The maximum Gasteiger partial charge on any atom is 0.417 e. The molecule has 0 aliphatic rings. The molecule has 1 heterocycles. The van der Waals surface area contributed by atoms with Crippen LogP contribution in [0, 0.1) is 6.92 Å². The summed E-state index contributed by atoms with van der Waals surface area (Å²) in [6, 6.07) is 12.7. The Kier molecular flexibility index (Phi) is 6.47. The van der Waals surface area contributed by atoms with Gasteiger partial charge in [-0.25, -0.2) is 18.2 Å². The van der Waals surface area contributed by atoms with Crippen molar-refractivity contribution in [1.29, 1.82) is 0 Å². The Bertz CT molecular complexity index is 1260. The lowest BCUT2D eigenvalue weighted by Gasteiger charge is -2.20. The maximum atomic E-state index is 13.1. The number of benzene rings is 2. The number of sulfonamides is 1. The number of aryl methyl sites for hydroxylation is 1. The average molecular weight is 485 g/mol. The number of ether oxygens (including phenoxy) is 1. The lowest BCUT2D eigenvalue weighted by atomic mass is 10.2. The number of alkyl halides is 3. The molecule has 0 aliphatic carbocycles. The van der Waals surface area contributed by atoms with E-state index in [2.05, 4.69) is 4.98 Å². The molecule has 1 aromatic heterocycles. The monoisotopic (exact) mass is 484 g/mol. The number of anilines is 1. The van der Waals surface area contributed by atoms with Gasteiger partial charge in [0.1, 0.15) is 11.4 Å². The number of rotatable bonds is 5. The highest BCUT2D eigenvalue weighted by Crippen LogP contribution is 2.36. The molecule has 11 heteroatoms. The molecule has 0 N–H and O–H groups in total. The van der Waals surface area contributed by atoms with E-state index in [0.29, 0.717) is 11.8 Å². The third-order valence-corrected chi connectivity index (χ3v) is 6.52. The van der Waals surface area contributed by atoms with Crippen molar-refractivity contribution in [2.24, 2.45) is 0 Å². The molecule has 0 bridgehead atoms. The van der Waals surface area contributed by atoms with Crippen LogP contribution in [0.4, 0.5) is 18.9 Å². The number of halogens is 4. The van der Waals surface area contributed by atoms with Gasteiger partial charge in [0, 0.05) is 12.7 Å². The van der Waals surface area contributed by atoms with E-state index >= 15 is 0 Å². The van der Waals surface area contributed by atoms with Crippen molar-refractivity contribution in [3.05, 3.63) is 82.6 Å². The molecule has 168 valence electrons. The molecule has 0 saturated carbocycles. The summed E-state index contributed by atoms with van der Waals surface area (Å²) < 4.78 is 71.0. The minimum atomic E-state index is -4.81. The molecule has 0 radical (unpaired) electrons.